The lowest BCUT2D eigenvalue weighted by atomic mass is 10.2. The van der Waals surface area contributed by atoms with Crippen molar-refractivity contribution < 1.29 is 0 Å². The maximum absolute atomic E-state index is 4.38. The SMILES string of the molecule is CCC(C)N(Cc1cccnc1)Cc1nccs1. The highest BCUT2D eigenvalue weighted by atomic mass is 32.1. The number of pyridine rings is 1. The molecule has 2 aromatic rings. The highest BCUT2D eigenvalue weighted by Crippen LogP contribution is 2.15. The quantitative estimate of drug-likeness (QED) is 0.798. The van der Waals surface area contributed by atoms with Gasteiger partial charge in [-0.3, -0.25) is 9.88 Å². The van der Waals surface area contributed by atoms with Gasteiger partial charge in [0.05, 0.1) is 6.54 Å². The molecule has 96 valence electrons. The van der Waals surface area contributed by atoms with Crippen LogP contribution < -0.4 is 0 Å². The normalized spacial score (nSPS) is 12.8. The monoisotopic (exact) mass is 261 g/mol. The largest absolute Gasteiger partial charge is 0.290 e. The molecule has 2 rings (SSSR count). The molecule has 0 saturated heterocycles. The number of rotatable bonds is 6. The Kier molecular flexibility index (Phi) is 4.84. The van der Waals surface area contributed by atoms with Crippen LogP contribution in [0.4, 0.5) is 0 Å². The van der Waals surface area contributed by atoms with Crippen molar-refractivity contribution in [2.24, 2.45) is 0 Å². The molecule has 1 atom stereocenters. The molecule has 1 unspecified atom stereocenters. The smallest absolute Gasteiger partial charge is 0.107 e. The zero-order valence-corrected chi connectivity index (χ0v) is 11.7. The van der Waals surface area contributed by atoms with E-state index < -0.39 is 0 Å². The van der Waals surface area contributed by atoms with Gasteiger partial charge in [0.1, 0.15) is 5.01 Å². The van der Waals surface area contributed by atoms with E-state index in [0.717, 1.165) is 19.5 Å². The number of hydrogen-bond acceptors (Lipinski definition) is 4. The lowest BCUT2D eigenvalue weighted by Gasteiger charge is -2.27. The van der Waals surface area contributed by atoms with E-state index >= 15 is 0 Å². The second-order valence-corrected chi connectivity index (χ2v) is 5.43. The Morgan fingerprint density at radius 3 is 2.83 bits per heavy atom. The van der Waals surface area contributed by atoms with Gasteiger partial charge in [-0.05, 0) is 25.0 Å². The molecule has 4 heteroatoms. The summed E-state index contributed by atoms with van der Waals surface area (Å²) < 4.78 is 0. The van der Waals surface area contributed by atoms with E-state index in [1.807, 2.05) is 30.0 Å². The van der Waals surface area contributed by atoms with Gasteiger partial charge < -0.3 is 0 Å². The first-order valence-electron chi connectivity index (χ1n) is 6.31. The molecular formula is C14H19N3S. The highest BCUT2D eigenvalue weighted by molar-refractivity contribution is 7.09. The summed E-state index contributed by atoms with van der Waals surface area (Å²) in [5.74, 6) is 0. The molecule has 0 amide bonds. The van der Waals surface area contributed by atoms with Crippen LogP contribution in [0.3, 0.4) is 0 Å². The lowest BCUT2D eigenvalue weighted by Crippen LogP contribution is -2.31. The first kappa shape index (κ1) is 13.2. The predicted molar refractivity (Wildman–Crippen MR) is 75.4 cm³/mol. The molecule has 0 spiro atoms. The average molecular weight is 261 g/mol. The predicted octanol–water partition coefficient (Wildman–Crippen LogP) is 3.34. The van der Waals surface area contributed by atoms with Crippen LogP contribution in [0.5, 0.6) is 0 Å². The number of aromatic nitrogens is 2. The minimum Gasteiger partial charge on any atom is -0.290 e. The third-order valence-electron chi connectivity index (χ3n) is 3.14. The highest BCUT2D eigenvalue weighted by Gasteiger charge is 2.14. The van der Waals surface area contributed by atoms with Crippen molar-refractivity contribution in [1.82, 2.24) is 14.9 Å². The number of thiazole rings is 1. The van der Waals surface area contributed by atoms with Gasteiger partial charge in [-0.25, -0.2) is 4.98 Å². The van der Waals surface area contributed by atoms with Crippen molar-refractivity contribution >= 4 is 11.3 Å². The van der Waals surface area contributed by atoms with E-state index in [1.165, 1.54) is 10.6 Å². The Morgan fingerprint density at radius 2 is 2.22 bits per heavy atom. The topological polar surface area (TPSA) is 29.0 Å². The fraction of sp³-hybridized carbons (Fsp3) is 0.429. The third-order valence-corrected chi connectivity index (χ3v) is 3.91. The molecule has 0 bridgehead atoms. The van der Waals surface area contributed by atoms with Crippen molar-refractivity contribution in [2.75, 3.05) is 0 Å². The fourth-order valence-electron chi connectivity index (χ4n) is 1.86. The van der Waals surface area contributed by atoms with E-state index in [9.17, 15) is 0 Å². The van der Waals surface area contributed by atoms with Gasteiger partial charge in [0, 0.05) is 36.6 Å². The minimum absolute atomic E-state index is 0.550. The van der Waals surface area contributed by atoms with Crippen LogP contribution in [-0.4, -0.2) is 20.9 Å². The second kappa shape index (κ2) is 6.61. The zero-order chi connectivity index (χ0) is 12.8. The summed E-state index contributed by atoms with van der Waals surface area (Å²) in [6, 6.07) is 4.67. The lowest BCUT2D eigenvalue weighted by molar-refractivity contribution is 0.185. The number of nitrogens with zero attached hydrogens (tertiary/aromatic N) is 3. The number of hydrogen-bond donors (Lipinski definition) is 0. The Labute approximate surface area is 113 Å². The van der Waals surface area contributed by atoms with Crippen molar-refractivity contribution in [3.05, 3.63) is 46.7 Å². The summed E-state index contributed by atoms with van der Waals surface area (Å²) in [6.07, 6.45) is 6.78. The fourth-order valence-corrected chi connectivity index (χ4v) is 2.50. The second-order valence-electron chi connectivity index (χ2n) is 4.45. The van der Waals surface area contributed by atoms with Gasteiger partial charge in [0.15, 0.2) is 0 Å². The molecule has 0 N–H and O–H groups in total. The maximum atomic E-state index is 4.38. The minimum atomic E-state index is 0.550. The van der Waals surface area contributed by atoms with E-state index in [4.69, 9.17) is 0 Å². The summed E-state index contributed by atoms with van der Waals surface area (Å²) in [4.78, 5) is 11.0. The molecule has 0 aliphatic rings. The standard InChI is InChI=1S/C14H19N3S/c1-3-12(2)17(11-14-16-7-8-18-14)10-13-5-4-6-15-9-13/h4-9,12H,3,10-11H2,1-2H3. The summed E-state index contributed by atoms with van der Waals surface area (Å²) in [5.41, 5.74) is 1.26. The Balaban J connectivity index is 2.06. The molecule has 0 aromatic carbocycles. The summed E-state index contributed by atoms with van der Waals surface area (Å²) in [7, 11) is 0. The molecule has 0 saturated carbocycles. The summed E-state index contributed by atoms with van der Waals surface area (Å²) in [6.45, 7) is 6.34. The first-order chi connectivity index (χ1) is 8.79. The molecular weight excluding hydrogens is 242 g/mol. The molecule has 3 nitrogen and oxygen atoms in total. The van der Waals surface area contributed by atoms with E-state index in [0.29, 0.717) is 6.04 Å². The van der Waals surface area contributed by atoms with Gasteiger partial charge in [-0.1, -0.05) is 13.0 Å². The van der Waals surface area contributed by atoms with E-state index in [2.05, 4.69) is 34.8 Å². The molecule has 0 radical (unpaired) electrons. The molecule has 0 fully saturated rings. The Hall–Kier alpha value is -1.26. The molecule has 0 aliphatic heterocycles. The van der Waals surface area contributed by atoms with Gasteiger partial charge in [0.25, 0.3) is 0 Å². The molecule has 0 aliphatic carbocycles. The van der Waals surface area contributed by atoms with E-state index in [-0.39, 0.29) is 0 Å². The first-order valence-corrected chi connectivity index (χ1v) is 7.19. The van der Waals surface area contributed by atoms with Gasteiger partial charge in [-0.2, -0.15) is 0 Å². The molecule has 2 aromatic heterocycles. The van der Waals surface area contributed by atoms with Crippen molar-refractivity contribution in [2.45, 2.75) is 39.4 Å². The molecule has 2 heterocycles. The van der Waals surface area contributed by atoms with Crippen molar-refractivity contribution in [3.8, 4) is 0 Å². The van der Waals surface area contributed by atoms with Crippen LogP contribution in [0, 0.1) is 0 Å². The van der Waals surface area contributed by atoms with Crippen molar-refractivity contribution in [1.29, 1.82) is 0 Å². The van der Waals surface area contributed by atoms with Crippen LogP contribution in [0.2, 0.25) is 0 Å². The zero-order valence-electron chi connectivity index (χ0n) is 10.9. The van der Waals surface area contributed by atoms with Gasteiger partial charge in [0.2, 0.25) is 0 Å². The van der Waals surface area contributed by atoms with E-state index in [1.54, 1.807) is 11.3 Å². The molecule has 18 heavy (non-hydrogen) atoms. The summed E-state index contributed by atoms with van der Waals surface area (Å²) >= 11 is 1.72. The van der Waals surface area contributed by atoms with Crippen LogP contribution in [0.15, 0.2) is 36.1 Å². The average Bonchev–Trinajstić information content (AvgIpc) is 2.91. The van der Waals surface area contributed by atoms with Crippen LogP contribution in [-0.2, 0) is 13.1 Å². The third kappa shape index (κ3) is 3.62. The summed E-state index contributed by atoms with van der Waals surface area (Å²) in [5, 5.41) is 3.22. The van der Waals surface area contributed by atoms with Gasteiger partial charge >= 0.3 is 0 Å². The maximum Gasteiger partial charge on any atom is 0.107 e. The van der Waals surface area contributed by atoms with Gasteiger partial charge in [-0.15, -0.1) is 11.3 Å². The van der Waals surface area contributed by atoms with Crippen LogP contribution in [0.1, 0.15) is 30.8 Å². The van der Waals surface area contributed by atoms with Crippen LogP contribution in [0.25, 0.3) is 0 Å². The Morgan fingerprint density at radius 1 is 1.33 bits per heavy atom. The Bertz CT molecular complexity index is 441. The van der Waals surface area contributed by atoms with Crippen LogP contribution >= 0.6 is 11.3 Å². The van der Waals surface area contributed by atoms with Crippen molar-refractivity contribution in [3.63, 3.8) is 0 Å².